The Morgan fingerprint density at radius 3 is 2.45 bits per heavy atom. The molecule has 2 bridgehead atoms. The number of hydrogen-bond acceptors (Lipinski definition) is 3. The summed E-state index contributed by atoms with van der Waals surface area (Å²) in [6.07, 6.45) is 8.06. The van der Waals surface area contributed by atoms with Gasteiger partial charge in [-0.3, -0.25) is 14.6 Å². The smallest absolute Gasteiger partial charge is 0.237 e. The zero-order valence-corrected chi connectivity index (χ0v) is 18.4. The summed E-state index contributed by atoms with van der Waals surface area (Å²) in [7, 11) is 0. The first-order chi connectivity index (χ1) is 13.8. The minimum Gasteiger partial charge on any atom is -0.338 e. The lowest BCUT2D eigenvalue weighted by Gasteiger charge is -2.39. The Morgan fingerprint density at radius 2 is 1.72 bits per heavy atom. The van der Waals surface area contributed by atoms with E-state index in [4.69, 9.17) is 0 Å². The highest BCUT2D eigenvalue weighted by molar-refractivity contribution is 5.79. The largest absolute Gasteiger partial charge is 0.338 e. The number of carbonyl (C=O) groups is 1. The molecule has 29 heavy (non-hydrogen) atoms. The van der Waals surface area contributed by atoms with E-state index in [1.165, 1.54) is 18.4 Å². The lowest BCUT2D eigenvalue weighted by molar-refractivity contribution is -0.134. The second kappa shape index (κ2) is 8.23. The molecule has 1 saturated carbocycles. The minimum atomic E-state index is 0.325. The maximum atomic E-state index is 13.1. The van der Waals surface area contributed by atoms with Gasteiger partial charge in [-0.1, -0.05) is 63.3 Å². The van der Waals surface area contributed by atoms with Crippen molar-refractivity contribution in [3.63, 3.8) is 0 Å². The van der Waals surface area contributed by atoms with Crippen molar-refractivity contribution in [2.24, 2.45) is 10.8 Å². The number of carbonyl (C=O) groups excluding carboxylic acids is 1. The number of rotatable bonds is 5. The molecule has 4 heteroatoms. The summed E-state index contributed by atoms with van der Waals surface area (Å²) in [5.74, 6) is 0.355. The Morgan fingerprint density at radius 1 is 1.03 bits per heavy atom. The molecule has 0 N–H and O–H groups in total. The Balaban J connectivity index is 1.23. The summed E-state index contributed by atoms with van der Waals surface area (Å²) in [4.78, 5) is 20.1. The maximum absolute atomic E-state index is 13.1. The molecule has 2 atom stereocenters. The van der Waals surface area contributed by atoms with E-state index < -0.39 is 0 Å². The molecule has 4 nitrogen and oxygen atoms in total. The molecule has 3 fully saturated rings. The van der Waals surface area contributed by atoms with Crippen LogP contribution in [0.3, 0.4) is 0 Å². The molecule has 4 rings (SSSR count). The number of nitrogens with zero attached hydrogens (tertiary/aromatic N) is 3. The lowest BCUT2D eigenvalue weighted by atomic mass is 9.65. The van der Waals surface area contributed by atoms with Crippen LogP contribution in [0.2, 0.25) is 0 Å². The van der Waals surface area contributed by atoms with Crippen LogP contribution in [0, 0.1) is 10.8 Å². The quantitative estimate of drug-likeness (QED) is 0.760. The van der Waals surface area contributed by atoms with Crippen molar-refractivity contribution < 1.29 is 4.79 Å². The van der Waals surface area contributed by atoms with Crippen LogP contribution < -0.4 is 0 Å². The molecule has 1 aromatic carbocycles. The highest BCUT2D eigenvalue weighted by Crippen LogP contribution is 2.52. The Bertz CT molecular complexity index is 736. The van der Waals surface area contributed by atoms with Gasteiger partial charge in [0.25, 0.3) is 0 Å². The third-order valence-corrected chi connectivity index (χ3v) is 7.03. The predicted molar refractivity (Wildman–Crippen MR) is 120 cm³/mol. The van der Waals surface area contributed by atoms with Crippen molar-refractivity contribution >= 4 is 12.0 Å². The van der Waals surface area contributed by atoms with Crippen LogP contribution in [0.5, 0.6) is 0 Å². The Hall–Kier alpha value is -1.65. The summed E-state index contributed by atoms with van der Waals surface area (Å²) in [6.45, 7) is 13.7. The first-order valence-corrected chi connectivity index (χ1v) is 11.3. The molecule has 1 aliphatic carbocycles. The van der Waals surface area contributed by atoms with Gasteiger partial charge in [0.15, 0.2) is 0 Å². The number of amides is 1. The van der Waals surface area contributed by atoms with Gasteiger partial charge in [0.2, 0.25) is 5.91 Å². The maximum Gasteiger partial charge on any atom is 0.237 e. The van der Waals surface area contributed by atoms with E-state index in [-0.39, 0.29) is 0 Å². The molecule has 1 aromatic rings. The predicted octanol–water partition coefficient (Wildman–Crippen LogP) is 3.74. The van der Waals surface area contributed by atoms with E-state index >= 15 is 0 Å². The van der Waals surface area contributed by atoms with E-state index in [2.05, 4.69) is 71.9 Å². The molecule has 0 unspecified atom stereocenters. The average Bonchev–Trinajstić information content (AvgIpc) is 2.93. The van der Waals surface area contributed by atoms with E-state index in [0.717, 1.165) is 45.7 Å². The topological polar surface area (TPSA) is 26.8 Å². The highest BCUT2D eigenvalue weighted by atomic mass is 16.2. The third-order valence-electron chi connectivity index (χ3n) is 7.03. The van der Waals surface area contributed by atoms with Gasteiger partial charge in [0, 0.05) is 45.3 Å². The van der Waals surface area contributed by atoms with Gasteiger partial charge < -0.3 is 4.90 Å². The summed E-state index contributed by atoms with van der Waals surface area (Å²) in [5, 5.41) is 0. The van der Waals surface area contributed by atoms with E-state index in [1.807, 2.05) is 6.07 Å². The first kappa shape index (κ1) is 20.6. The van der Waals surface area contributed by atoms with Crippen molar-refractivity contribution in [3.8, 4) is 0 Å². The van der Waals surface area contributed by atoms with Gasteiger partial charge in [-0.15, -0.1) is 0 Å². The SMILES string of the molecule is CC1(C)C[C@H]2C[C@](C)(CN2C(=O)CN2CCN(C/C=C/c3ccccc3)CC2)C1. The third kappa shape index (κ3) is 5.10. The van der Waals surface area contributed by atoms with E-state index in [1.54, 1.807) is 0 Å². The van der Waals surface area contributed by atoms with E-state index in [0.29, 0.717) is 29.3 Å². The van der Waals surface area contributed by atoms with Gasteiger partial charge >= 0.3 is 0 Å². The van der Waals surface area contributed by atoms with Crippen LogP contribution in [-0.4, -0.2) is 72.5 Å². The standard InChI is InChI=1S/C25H37N3O/c1-24(2)16-22-17-25(3,19-24)20-28(22)23(29)18-27-14-12-26(13-15-27)11-7-10-21-8-5-4-6-9-21/h4-10,22H,11-20H2,1-3H3/b10-7+/t22-,25-/m0/s1. The number of piperazine rings is 1. The van der Waals surface area contributed by atoms with Crippen molar-refractivity contribution in [2.45, 2.75) is 46.1 Å². The average molecular weight is 396 g/mol. The second-order valence-corrected chi connectivity index (χ2v) is 10.6. The summed E-state index contributed by atoms with van der Waals surface area (Å²) >= 11 is 0. The second-order valence-electron chi connectivity index (χ2n) is 10.6. The van der Waals surface area contributed by atoms with Gasteiger partial charge in [-0.05, 0) is 35.7 Å². The molecule has 2 saturated heterocycles. The molecule has 3 aliphatic rings. The zero-order chi connectivity index (χ0) is 20.5. The molecule has 0 aromatic heterocycles. The van der Waals surface area contributed by atoms with Crippen LogP contribution in [-0.2, 0) is 4.79 Å². The fourth-order valence-corrected chi connectivity index (χ4v) is 6.07. The summed E-state index contributed by atoms with van der Waals surface area (Å²) < 4.78 is 0. The fourth-order valence-electron chi connectivity index (χ4n) is 6.07. The molecule has 2 heterocycles. The van der Waals surface area contributed by atoms with Gasteiger partial charge in [-0.2, -0.15) is 0 Å². The van der Waals surface area contributed by atoms with Crippen molar-refractivity contribution in [3.05, 3.63) is 42.0 Å². The summed E-state index contributed by atoms with van der Waals surface area (Å²) in [5.41, 5.74) is 1.95. The molecule has 0 radical (unpaired) electrons. The minimum absolute atomic E-state index is 0.325. The highest BCUT2D eigenvalue weighted by Gasteiger charge is 2.50. The van der Waals surface area contributed by atoms with Gasteiger partial charge in [0.05, 0.1) is 6.54 Å². The van der Waals surface area contributed by atoms with Crippen molar-refractivity contribution in [1.82, 2.24) is 14.7 Å². The van der Waals surface area contributed by atoms with Gasteiger partial charge in [-0.25, -0.2) is 0 Å². The Kier molecular flexibility index (Phi) is 5.85. The number of fused-ring (bicyclic) bond motifs is 2. The van der Waals surface area contributed by atoms with Crippen molar-refractivity contribution in [1.29, 1.82) is 0 Å². The normalized spacial score (nSPS) is 30.2. The lowest BCUT2D eigenvalue weighted by Crippen LogP contribution is -2.50. The molecule has 2 aliphatic heterocycles. The van der Waals surface area contributed by atoms with Crippen LogP contribution >= 0.6 is 0 Å². The van der Waals surface area contributed by atoms with Crippen molar-refractivity contribution in [2.75, 3.05) is 45.8 Å². The molecule has 1 amide bonds. The van der Waals surface area contributed by atoms with Crippen LogP contribution in [0.1, 0.15) is 45.6 Å². The molecule has 158 valence electrons. The van der Waals surface area contributed by atoms with Gasteiger partial charge in [0.1, 0.15) is 0 Å². The molecular formula is C25H37N3O. The zero-order valence-electron chi connectivity index (χ0n) is 18.4. The number of hydrogen-bond donors (Lipinski definition) is 0. The van der Waals surface area contributed by atoms with E-state index in [9.17, 15) is 4.79 Å². The molecule has 0 spiro atoms. The van der Waals surface area contributed by atoms with Crippen LogP contribution in [0.25, 0.3) is 6.08 Å². The number of benzene rings is 1. The van der Waals surface area contributed by atoms with Crippen LogP contribution in [0.15, 0.2) is 36.4 Å². The first-order valence-electron chi connectivity index (χ1n) is 11.3. The Labute approximate surface area is 176 Å². The monoisotopic (exact) mass is 395 g/mol. The molecular weight excluding hydrogens is 358 g/mol. The van der Waals surface area contributed by atoms with Crippen LogP contribution in [0.4, 0.5) is 0 Å². The number of likely N-dealkylation sites (tertiary alicyclic amines) is 1. The summed E-state index contributed by atoms with van der Waals surface area (Å²) in [6, 6.07) is 10.9. The fraction of sp³-hybridized carbons (Fsp3) is 0.640.